The lowest BCUT2D eigenvalue weighted by molar-refractivity contribution is -0.116. The molecule has 0 bridgehead atoms. The predicted molar refractivity (Wildman–Crippen MR) is 116 cm³/mol. The highest BCUT2D eigenvalue weighted by Crippen LogP contribution is 2.40. The van der Waals surface area contributed by atoms with E-state index in [1.165, 1.54) is 18.4 Å². The van der Waals surface area contributed by atoms with Crippen LogP contribution in [0.5, 0.6) is 0 Å². The largest absolute Gasteiger partial charge is 0.355 e. The summed E-state index contributed by atoms with van der Waals surface area (Å²) in [6.07, 6.45) is 3.81. The SMILES string of the molecule is CCc1ccc([C@H]2CC(=O)Nc3c2c(C)nn3-c2ccc(N3CCCC3)nn2)cc1. The first kappa shape index (κ1) is 18.8. The number of amides is 1. The highest BCUT2D eigenvalue weighted by atomic mass is 16.1. The Bertz CT molecular complexity index is 1060. The van der Waals surface area contributed by atoms with Crippen LogP contribution >= 0.6 is 0 Å². The summed E-state index contributed by atoms with van der Waals surface area (Å²) in [5.41, 5.74) is 4.39. The van der Waals surface area contributed by atoms with E-state index >= 15 is 0 Å². The molecule has 1 fully saturated rings. The van der Waals surface area contributed by atoms with Crippen LogP contribution < -0.4 is 10.2 Å². The first-order valence-corrected chi connectivity index (χ1v) is 10.7. The second kappa shape index (κ2) is 7.55. The van der Waals surface area contributed by atoms with Crippen LogP contribution in [0.4, 0.5) is 11.6 Å². The minimum atomic E-state index is -0.00904. The molecular weight excluding hydrogens is 376 g/mol. The molecule has 2 aromatic heterocycles. The van der Waals surface area contributed by atoms with Gasteiger partial charge in [-0.15, -0.1) is 10.2 Å². The Balaban J connectivity index is 1.52. The maximum Gasteiger partial charge on any atom is 0.226 e. The van der Waals surface area contributed by atoms with Crippen molar-refractivity contribution >= 4 is 17.5 Å². The molecule has 7 nitrogen and oxygen atoms in total. The molecule has 1 atom stereocenters. The van der Waals surface area contributed by atoms with Crippen molar-refractivity contribution in [2.24, 2.45) is 0 Å². The number of benzene rings is 1. The first-order valence-electron chi connectivity index (χ1n) is 10.7. The zero-order valence-corrected chi connectivity index (χ0v) is 17.4. The molecule has 1 saturated heterocycles. The average molecular weight is 403 g/mol. The molecule has 30 heavy (non-hydrogen) atoms. The van der Waals surface area contributed by atoms with E-state index in [1.807, 2.05) is 19.1 Å². The van der Waals surface area contributed by atoms with Crippen LogP contribution in [0, 0.1) is 6.92 Å². The zero-order valence-electron chi connectivity index (χ0n) is 17.4. The number of anilines is 2. The molecule has 0 radical (unpaired) electrons. The third-order valence-electron chi connectivity index (χ3n) is 6.18. The number of nitrogens with zero attached hydrogens (tertiary/aromatic N) is 5. The zero-order chi connectivity index (χ0) is 20.7. The maximum atomic E-state index is 12.6. The quantitative estimate of drug-likeness (QED) is 0.722. The van der Waals surface area contributed by atoms with Crippen molar-refractivity contribution in [3.05, 3.63) is 58.8 Å². The molecule has 4 heterocycles. The van der Waals surface area contributed by atoms with Gasteiger partial charge in [0.15, 0.2) is 11.6 Å². The Morgan fingerprint density at radius 1 is 1.03 bits per heavy atom. The molecule has 2 aliphatic heterocycles. The fourth-order valence-electron chi connectivity index (χ4n) is 4.53. The van der Waals surface area contributed by atoms with Gasteiger partial charge in [0, 0.05) is 31.0 Å². The van der Waals surface area contributed by atoms with Crippen molar-refractivity contribution in [1.29, 1.82) is 0 Å². The van der Waals surface area contributed by atoms with Crippen molar-refractivity contribution in [3.63, 3.8) is 0 Å². The lowest BCUT2D eigenvalue weighted by atomic mass is 9.85. The number of hydrogen-bond acceptors (Lipinski definition) is 5. The monoisotopic (exact) mass is 402 g/mol. The molecule has 5 rings (SSSR count). The first-order chi connectivity index (χ1) is 14.6. The number of rotatable bonds is 4. The number of carbonyl (C=O) groups excluding carboxylic acids is 1. The molecule has 7 heteroatoms. The summed E-state index contributed by atoms with van der Waals surface area (Å²) in [7, 11) is 0. The molecule has 0 aliphatic carbocycles. The fraction of sp³-hybridized carbons (Fsp3) is 0.391. The van der Waals surface area contributed by atoms with Gasteiger partial charge in [-0.05, 0) is 49.4 Å². The van der Waals surface area contributed by atoms with Gasteiger partial charge < -0.3 is 10.2 Å². The molecule has 0 unspecified atom stereocenters. The van der Waals surface area contributed by atoms with Gasteiger partial charge in [0.2, 0.25) is 5.91 Å². The van der Waals surface area contributed by atoms with E-state index in [0.717, 1.165) is 42.1 Å². The van der Waals surface area contributed by atoms with E-state index in [1.54, 1.807) is 4.68 Å². The summed E-state index contributed by atoms with van der Waals surface area (Å²) in [4.78, 5) is 14.8. The Labute approximate surface area is 176 Å². The number of nitrogens with one attached hydrogen (secondary N) is 1. The van der Waals surface area contributed by atoms with Gasteiger partial charge in [-0.3, -0.25) is 4.79 Å². The van der Waals surface area contributed by atoms with Crippen molar-refractivity contribution in [2.45, 2.75) is 45.4 Å². The van der Waals surface area contributed by atoms with Crippen LogP contribution in [0.3, 0.4) is 0 Å². The molecular formula is C23H26N6O. The standard InChI is InChI=1S/C23H26N6O/c1-3-16-6-8-17(9-7-16)18-14-21(30)24-23-22(18)15(2)27-29(23)20-11-10-19(25-26-20)28-12-4-5-13-28/h6-11,18H,3-5,12-14H2,1-2H3,(H,24,30)/t18-/m1/s1. The second-order valence-corrected chi connectivity index (χ2v) is 8.10. The van der Waals surface area contributed by atoms with Crippen LogP contribution in [0.25, 0.3) is 5.82 Å². The number of fused-ring (bicyclic) bond motifs is 1. The number of hydrogen-bond donors (Lipinski definition) is 1. The third kappa shape index (κ3) is 3.24. The highest BCUT2D eigenvalue weighted by Gasteiger charge is 2.33. The normalized spacial score (nSPS) is 18.4. The van der Waals surface area contributed by atoms with Crippen LogP contribution in [-0.4, -0.2) is 39.0 Å². The summed E-state index contributed by atoms with van der Waals surface area (Å²) < 4.78 is 1.72. The molecule has 1 amide bonds. The highest BCUT2D eigenvalue weighted by molar-refractivity contribution is 5.95. The van der Waals surface area contributed by atoms with E-state index in [0.29, 0.717) is 18.1 Å². The summed E-state index contributed by atoms with van der Waals surface area (Å²) in [5, 5.41) is 16.6. The van der Waals surface area contributed by atoms with Crippen LogP contribution in [-0.2, 0) is 11.2 Å². The van der Waals surface area contributed by atoms with Crippen molar-refractivity contribution < 1.29 is 4.79 Å². The summed E-state index contributed by atoms with van der Waals surface area (Å²) >= 11 is 0. The minimum absolute atomic E-state index is 0.00476. The molecule has 0 saturated carbocycles. The number of aromatic nitrogens is 4. The topological polar surface area (TPSA) is 75.9 Å². The predicted octanol–water partition coefficient (Wildman–Crippen LogP) is 3.61. The van der Waals surface area contributed by atoms with E-state index < -0.39 is 0 Å². The fourth-order valence-corrected chi connectivity index (χ4v) is 4.53. The van der Waals surface area contributed by atoms with E-state index in [-0.39, 0.29) is 11.8 Å². The van der Waals surface area contributed by atoms with E-state index in [9.17, 15) is 4.79 Å². The van der Waals surface area contributed by atoms with Gasteiger partial charge >= 0.3 is 0 Å². The van der Waals surface area contributed by atoms with Crippen molar-refractivity contribution in [1.82, 2.24) is 20.0 Å². The molecule has 1 N–H and O–H groups in total. The molecule has 0 spiro atoms. The van der Waals surface area contributed by atoms with Crippen LogP contribution in [0.15, 0.2) is 36.4 Å². The Morgan fingerprint density at radius 2 is 1.73 bits per heavy atom. The summed E-state index contributed by atoms with van der Waals surface area (Å²) in [5.74, 6) is 2.20. The third-order valence-corrected chi connectivity index (χ3v) is 6.18. The average Bonchev–Trinajstić information content (AvgIpc) is 3.42. The van der Waals surface area contributed by atoms with Crippen molar-refractivity contribution in [2.75, 3.05) is 23.3 Å². The number of aryl methyl sites for hydroxylation is 2. The molecule has 1 aromatic carbocycles. The van der Waals surface area contributed by atoms with Gasteiger partial charge in [0.05, 0.1) is 5.69 Å². The maximum absolute atomic E-state index is 12.6. The molecule has 2 aliphatic rings. The summed E-state index contributed by atoms with van der Waals surface area (Å²) in [6, 6.07) is 12.5. The molecule has 154 valence electrons. The second-order valence-electron chi connectivity index (χ2n) is 8.10. The lowest BCUT2D eigenvalue weighted by Gasteiger charge is -2.24. The van der Waals surface area contributed by atoms with Crippen LogP contribution in [0.1, 0.15) is 54.5 Å². The Morgan fingerprint density at radius 3 is 2.40 bits per heavy atom. The lowest BCUT2D eigenvalue weighted by Crippen LogP contribution is -2.25. The van der Waals surface area contributed by atoms with Gasteiger partial charge in [-0.1, -0.05) is 31.2 Å². The van der Waals surface area contributed by atoms with E-state index in [2.05, 4.69) is 51.6 Å². The summed E-state index contributed by atoms with van der Waals surface area (Å²) in [6.45, 7) is 6.19. The van der Waals surface area contributed by atoms with Gasteiger partial charge in [0.25, 0.3) is 0 Å². The van der Waals surface area contributed by atoms with Crippen molar-refractivity contribution in [3.8, 4) is 5.82 Å². The smallest absolute Gasteiger partial charge is 0.226 e. The Kier molecular flexibility index (Phi) is 4.73. The number of carbonyl (C=O) groups is 1. The van der Waals surface area contributed by atoms with Gasteiger partial charge in [-0.25, -0.2) is 0 Å². The minimum Gasteiger partial charge on any atom is -0.355 e. The Hall–Kier alpha value is -3.22. The van der Waals surface area contributed by atoms with Gasteiger partial charge in [-0.2, -0.15) is 9.78 Å². The molecule has 3 aromatic rings. The van der Waals surface area contributed by atoms with E-state index in [4.69, 9.17) is 5.10 Å². The van der Waals surface area contributed by atoms with Crippen LogP contribution in [0.2, 0.25) is 0 Å². The van der Waals surface area contributed by atoms with Gasteiger partial charge in [0.1, 0.15) is 5.82 Å².